The molecule has 0 rings (SSSR count). The van der Waals surface area contributed by atoms with Gasteiger partial charge in [0.15, 0.2) is 0 Å². The van der Waals surface area contributed by atoms with Crippen LogP contribution in [-0.2, 0) is 4.79 Å². The fraction of sp³-hybridized carbons (Fsp3) is 0.167. The Morgan fingerprint density at radius 2 is 2.25 bits per heavy atom. The second-order valence-corrected chi connectivity index (χ2v) is 1.57. The summed E-state index contributed by atoms with van der Waals surface area (Å²) in [5, 5.41) is 0. The van der Waals surface area contributed by atoms with Crippen molar-refractivity contribution >= 4 is 17.9 Å². The third-order valence-corrected chi connectivity index (χ3v) is 0.954. The normalized spacial score (nSPS) is 12.5. The van der Waals surface area contributed by atoms with Gasteiger partial charge in [0, 0.05) is 5.54 Å². The van der Waals surface area contributed by atoms with Crippen molar-refractivity contribution in [2.24, 2.45) is 0 Å². The average molecular weight is 131 g/mol. The van der Waals surface area contributed by atoms with Crippen molar-refractivity contribution in [1.82, 2.24) is 0 Å². The Morgan fingerprint density at radius 1 is 1.62 bits per heavy atom. The predicted molar refractivity (Wildman–Crippen MR) is 34.8 cm³/mol. The Balaban J connectivity index is 3.69. The van der Waals surface area contributed by atoms with E-state index in [0.29, 0.717) is 6.29 Å². The van der Waals surface area contributed by atoms with Crippen molar-refractivity contribution in [3.8, 4) is 0 Å². The van der Waals surface area contributed by atoms with Crippen LogP contribution in [0.1, 0.15) is 6.92 Å². The topological polar surface area (TPSA) is 17.1 Å². The summed E-state index contributed by atoms with van der Waals surface area (Å²) in [6.45, 7) is 1.81. The Bertz CT molecular complexity index is 124. The molecule has 0 heterocycles. The molecule has 2 heteroatoms. The number of carbonyl (C=O) groups excluding carboxylic acids is 1. The van der Waals surface area contributed by atoms with Gasteiger partial charge in [0.25, 0.3) is 0 Å². The van der Waals surface area contributed by atoms with Crippen LogP contribution in [-0.4, -0.2) is 6.29 Å². The molecule has 0 aromatic carbocycles. The summed E-state index contributed by atoms with van der Waals surface area (Å²) in [5.74, 6) is 0. The zero-order valence-corrected chi connectivity index (χ0v) is 5.35. The molecule has 0 aromatic rings. The van der Waals surface area contributed by atoms with E-state index in [1.165, 1.54) is 11.6 Å². The minimum absolute atomic E-state index is 0.712. The number of aldehydes is 1. The molecule has 0 bridgehead atoms. The van der Waals surface area contributed by atoms with Crippen LogP contribution in [0, 0.1) is 0 Å². The first kappa shape index (κ1) is 7.44. The van der Waals surface area contributed by atoms with Crippen LogP contribution in [0.25, 0.3) is 0 Å². The Morgan fingerprint density at radius 3 is 2.62 bits per heavy atom. The number of halogens is 1. The van der Waals surface area contributed by atoms with E-state index in [0.717, 1.165) is 5.57 Å². The fourth-order valence-electron chi connectivity index (χ4n) is 0.227. The first-order valence-electron chi connectivity index (χ1n) is 2.20. The summed E-state index contributed by atoms with van der Waals surface area (Å²) in [6, 6.07) is 0. The standard InChI is InChI=1S/C6H7ClO/c1-6(5-7)3-2-4-8/h2-5H,1H3/b3-2+,6-5+. The molecule has 0 aliphatic heterocycles. The van der Waals surface area contributed by atoms with E-state index in [1.54, 1.807) is 6.08 Å². The van der Waals surface area contributed by atoms with Crippen LogP contribution in [0.3, 0.4) is 0 Å². The molecule has 1 nitrogen and oxygen atoms in total. The lowest BCUT2D eigenvalue weighted by molar-refractivity contribution is -0.104. The van der Waals surface area contributed by atoms with E-state index >= 15 is 0 Å². The molecule has 0 aliphatic rings. The van der Waals surface area contributed by atoms with Gasteiger partial charge in [-0.25, -0.2) is 0 Å². The van der Waals surface area contributed by atoms with Gasteiger partial charge in [-0.15, -0.1) is 0 Å². The molecule has 0 amide bonds. The largest absolute Gasteiger partial charge is 0.299 e. The van der Waals surface area contributed by atoms with Crippen molar-refractivity contribution < 1.29 is 4.79 Å². The van der Waals surface area contributed by atoms with Gasteiger partial charge >= 0.3 is 0 Å². The van der Waals surface area contributed by atoms with Crippen molar-refractivity contribution in [3.63, 3.8) is 0 Å². The van der Waals surface area contributed by atoms with Crippen molar-refractivity contribution in [2.45, 2.75) is 6.92 Å². The van der Waals surface area contributed by atoms with Gasteiger partial charge in [0.05, 0.1) is 0 Å². The van der Waals surface area contributed by atoms with Crippen LogP contribution < -0.4 is 0 Å². The fourth-order valence-corrected chi connectivity index (χ4v) is 0.300. The number of hydrogen-bond acceptors (Lipinski definition) is 1. The first-order valence-corrected chi connectivity index (χ1v) is 2.63. The van der Waals surface area contributed by atoms with Crippen molar-refractivity contribution in [1.29, 1.82) is 0 Å². The highest BCUT2D eigenvalue weighted by molar-refractivity contribution is 6.25. The van der Waals surface area contributed by atoms with Gasteiger partial charge in [-0.1, -0.05) is 17.7 Å². The molecular weight excluding hydrogens is 124 g/mol. The lowest BCUT2D eigenvalue weighted by atomic mass is 10.3. The summed E-state index contributed by atoms with van der Waals surface area (Å²) >= 11 is 5.26. The molecule has 44 valence electrons. The van der Waals surface area contributed by atoms with Crippen LogP contribution >= 0.6 is 11.6 Å². The molecule has 0 N–H and O–H groups in total. The highest BCUT2D eigenvalue weighted by atomic mass is 35.5. The number of allylic oxidation sites excluding steroid dienone is 3. The van der Waals surface area contributed by atoms with Crippen molar-refractivity contribution in [3.05, 3.63) is 23.3 Å². The zero-order valence-electron chi connectivity index (χ0n) is 4.60. The molecule has 0 saturated heterocycles. The minimum atomic E-state index is 0.712. The number of carbonyl (C=O) groups is 1. The summed E-state index contributed by atoms with van der Waals surface area (Å²) in [6.07, 6.45) is 3.75. The smallest absolute Gasteiger partial charge is 0.142 e. The molecule has 0 spiro atoms. The molecule has 8 heavy (non-hydrogen) atoms. The molecule has 0 radical (unpaired) electrons. The Hall–Kier alpha value is -0.560. The quantitative estimate of drug-likeness (QED) is 0.317. The molecule has 0 atom stereocenters. The lowest BCUT2D eigenvalue weighted by Gasteiger charge is -1.79. The third-order valence-electron chi connectivity index (χ3n) is 0.610. The zero-order chi connectivity index (χ0) is 6.41. The van der Waals surface area contributed by atoms with E-state index < -0.39 is 0 Å². The molecule has 0 fully saturated rings. The maximum absolute atomic E-state index is 9.67. The molecule has 0 unspecified atom stereocenters. The van der Waals surface area contributed by atoms with Crippen LogP contribution in [0.4, 0.5) is 0 Å². The minimum Gasteiger partial charge on any atom is -0.299 e. The SMILES string of the molecule is CC(/C=C/C=O)=C\Cl. The highest BCUT2D eigenvalue weighted by Crippen LogP contribution is 1.94. The van der Waals surface area contributed by atoms with Gasteiger partial charge in [-0.3, -0.25) is 4.79 Å². The summed E-state index contributed by atoms with van der Waals surface area (Å²) in [7, 11) is 0. The first-order chi connectivity index (χ1) is 3.81. The summed E-state index contributed by atoms with van der Waals surface area (Å²) in [5.41, 5.74) is 2.29. The summed E-state index contributed by atoms with van der Waals surface area (Å²) < 4.78 is 0. The predicted octanol–water partition coefficient (Wildman–Crippen LogP) is 1.88. The lowest BCUT2D eigenvalue weighted by Crippen LogP contribution is -1.63. The molecule has 0 saturated carbocycles. The Labute approximate surface area is 53.6 Å². The second kappa shape index (κ2) is 4.60. The average Bonchev–Trinajstić information content (AvgIpc) is 1.83. The second-order valence-electron chi connectivity index (χ2n) is 1.35. The summed E-state index contributed by atoms with van der Waals surface area (Å²) in [4.78, 5) is 9.67. The van der Waals surface area contributed by atoms with E-state index in [9.17, 15) is 4.79 Å². The van der Waals surface area contributed by atoms with Gasteiger partial charge in [-0.05, 0) is 18.6 Å². The number of hydrogen-bond donors (Lipinski definition) is 0. The molecule has 0 aromatic heterocycles. The third kappa shape index (κ3) is 3.62. The van der Waals surface area contributed by atoms with Crippen LogP contribution in [0.15, 0.2) is 23.3 Å². The monoisotopic (exact) mass is 130 g/mol. The van der Waals surface area contributed by atoms with Gasteiger partial charge in [-0.2, -0.15) is 0 Å². The molecular formula is C6H7ClO. The Kier molecular flexibility index (Phi) is 4.27. The van der Waals surface area contributed by atoms with E-state index in [4.69, 9.17) is 11.6 Å². The van der Waals surface area contributed by atoms with Crippen molar-refractivity contribution in [2.75, 3.05) is 0 Å². The van der Waals surface area contributed by atoms with E-state index in [-0.39, 0.29) is 0 Å². The maximum Gasteiger partial charge on any atom is 0.142 e. The molecule has 0 aliphatic carbocycles. The van der Waals surface area contributed by atoms with Gasteiger partial charge in [0.2, 0.25) is 0 Å². The maximum atomic E-state index is 9.67. The van der Waals surface area contributed by atoms with Gasteiger partial charge < -0.3 is 0 Å². The van der Waals surface area contributed by atoms with Crippen LogP contribution in [0.2, 0.25) is 0 Å². The number of rotatable bonds is 2. The van der Waals surface area contributed by atoms with E-state index in [1.807, 2.05) is 6.92 Å². The van der Waals surface area contributed by atoms with Crippen LogP contribution in [0.5, 0.6) is 0 Å². The van der Waals surface area contributed by atoms with Gasteiger partial charge in [0.1, 0.15) is 6.29 Å². The van der Waals surface area contributed by atoms with E-state index in [2.05, 4.69) is 0 Å². The highest BCUT2D eigenvalue weighted by Gasteiger charge is 1.73.